The molecule has 128 valence electrons. The SMILES string of the molecule is COc1cccc([C@@H](C)CCc2ccnc(-c3ccc(C)cc3)c2)c1. The Bertz CT molecular complexity index is 824. The van der Waals surface area contributed by atoms with Gasteiger partial charge in [-0.25, -0.2) is 0 Å². The lowest BCUT2D eigenvalue weighted by Crippen LogP contribution is -1.98. The summed E-state index contributed by atoms with van der Waals surface area (Å²) in [5.74, 6) is 1.42. The number of nitrogens with zero attached hydrogens (tertiary/aromatic N) is 1. The summed E-state index contributed by atoms with van der Waals surface area (Å²) in [6.45, 7) is 4.38. The zero-order chi connectivity index (χ0) is 17.6. The number of benzene rings is 2. The van der Waals surface area contributed by atoms with Gasteiger partial charge in [0.05, 0.1) is 12.8 Å². The van der Waals surface area contributed by atoms with Crippen LogP contribution >= 0.6 is 0 Å². The van der Waals surface area contributed by atoms with Gasteiger partial charge in [0.25, 0.3) is 0 Å². The third-order valence-corrected chi connectivity index (χ3v) is 4.70. The number of aromatic nitrogens is 1. The normalized spacial score (nSPS) is 12.0. The van der Waals surface area contributed by atoms with E-state index >= 15 is 0 Å². The van der Waals surface area contributed by atoms with Gasteiger partial charge in [-0.05, 0) is 61.1 Å². The summed E-state index contributed by atoms with van der Waals surface area (Å²) in [5.41, 5.74) is 6.15. The van der Waals surface area contributed by atoms with Gasteiger partial charge in [0, 0.05) is 11.8 Å². The number of aryl methyl sites for hydroxylation is 2. The van der Waals surface area contributed by atoms with Crippen molar-refractivity contribution in [3.05, 3.63) is 83.6 Å². The van der Waals surface area contributed by atoms with Crippen LogP contribution in [-0.2, 0) is 6.42 Å². The number of rotatable bonds is 6. The maximum atomic E-state index is 5.33. The second kappa shape index (κ2) is 7.98. The Morgan fingerprint density at radius 1 is 1.00 bits per heavy atom. The van der Waals surface area contributed by atoms with Gasteiger partial charge in [0.15, 0.2) is 0 Å². The fourth-order valence-electron chi connectivity index (χ4n) is 3.01. The molecule has 1 atom stereocenters. The van der Waals surface area contributed by atoms with Crippen LogP contribution in [0.1, 0.15) is 36.0 Å². The molecule has 0 aliphatic rings. The minimum absolute atomic E-state index is 0.492. The molecule has 0 spiro atoms. The lowest BCUT2D eigenvalue weighted by molar-refractivity contribution is 0.413. The molecular formula is C23H25NO. The molecule has 3 rings (SSSR count). The summed E-state index contributed by atoms with van der Waals surface area (Å²) < 4.78 is 5.33. The molecular weight excluding hydrogens is 306 g/mol. The van der Waals surface area contributed by atoms with Crippen LogP contribution < -0.4 is 4.74 Å². The third kappa shape index (κ3) is 4.48. The van der Waals surface area contributed by atoms with E-state index in [4.69, 9.17) is 4.74 Å². The van der Waals surface area contributed by atoms with Crippen LogP contribution in [-0.4, -0.2) is 12.1 Å². The first-order valence-corrected chi connectivity index (χ1v) is 8.81. The van der Waals surface area contributed by atoms with Crippen LogP contribution in [0.4, 0.5) is 0 Å². The first kappa shape index (κ1) is 17.2. The Hall–Kier alpha value is -2.61. The average Bonchev–Trinajstić information content (AvgIpc) is 2.67. The van der Waals surface area contributed by atoms with Crippen LogP contribution in [0.5, 0.6) is 5.75 Å². The van der Waals surface area contributed by atoms with Gasteiger partial charge in [0.1, 0.15) is 5.75 Å². The quantitative estimate of drug-likeness (QED) is 0.569. The van der Waals surface area contributed by atoms with Crippen molar-refractivity contribution in [2.75, 3.05) is 7.11 Å². The lowest BCUT2D eigenvalue weighted by Gasteiger charge is -2.13. The summed E-state index contributed by atoms with van der Waals surface area (Å²) in [6.07, 6.45) is 4.06. The van der Waals surface area contributed by atoms with Crippen molar-refractivity contribution in [2.24, 2.45) is 0 Å². The lowest BCUT2D eigenvalue weighted by atomic mass is 9.94. The van der Waals surface area contributed by atoms with E-state index in [1.165, 1.54) is 22.3 Å². The van der Waals surface area contributed by atoms with Crippen molar-refractivity contribution < 1.29 is 4.74 Å². The van der Waals surface area contributed by atoms with Crippen molar-refractivity contribution in [3.63, 3.8) is 0 Å². The van der Waals surface area contributed by atoms with Crippen LogP contribution in [0, 0.1) is 6.92 Å². The standard InChI is InChI=1S/C23H25NO/c1-17-7-11-20(12-8-17)23-15-19(13-14-24-23)10-9-18(2)21-5-4-6-22(16-21)25-3/h4-8,11-16,18H,9-10H2,1-3H3/t18-/m0/s1. The van der Waals surface area contributed by atoms with E-state index in [0.29, 0.717) is 5.92 Å². The monoisotopic (exact) mass is 331 g/mol. The number of hydrogen-bond acceptors (Lipinski definition) is 2. The van der Waals surface area contributed by atoms with E-state index in [-0.39, 0.29) is 0 Å². The minimum Gasteiger partial charge on any atom is -0.497 e. The number of methoxy groups -OCH3 is 1. The average molecular weight is 331 g/mol. The van der Waals surface area contributed by atoms with Gasteiger partial charge in [-0.2, -0.15) is 0 Å². The molecule has 0 unspecified atom stereocenters. The summed E-state index contributed by atoms with van der Waals surface area (Å²) >= 11 is 0. The number of pyridine rings is 1. The van der Waals surface area contributed by atoms with E-state index in [2.05, 4.69) is 73.4 Å². The predicted octanol–water partition coefficient (Wildman–Crippen LogP) is 5.80. The van der Waals surface area contributed by atoms with E-state index in [1.54, 1.807) is 7.11 Å². The number of hydrogen-bond donors (Lipinski definition) is 0. The molecule has 0 amide bonds. The molecule has 0 aliphatic heterocycles. The molecule has 2 heteroatoms. The molecule has 2 aromatic carbocycles. The second-order valence-electron chi connectivity index (χ2n) is 6.63. The molecule has 0 N–H and O–H groups in total. The molecule has 2 nitrogen and oxygen atoms in total. The van der Waals surface area contributed by atoms with E-state index in [9.17, 15) is 0 Å². The number of ether oxygens (including phenoxy) is 1. The molecule has 1 heterocycles. The fourth-order valence-corrected chi connectivity index (χ4v) is 3.01. The van der Waals surface area contributed by atoms with E-state index in [0.717, 1.165) is 24.3 Å². The Morgan fingerprint density at radius 3 is 2.56 bits per heavy atom. The molecule has 0 saturated heterocycles. The first-order chi connectivity index (χ1) is 12.2. The van der Waals surface area contributed by atoms with Crippen molar-refractivity contribution in [1.29, 1.82) is 0 Å². The summed E-state index contributed by atoms with van der Waals surface area (Å²) in [4.78, 5) is 4.53. The van der Waals surface area contributed by atoms with Crippen molar-refractivity contribution in [3.8, 4) is 17.0 Å². The van der Waals surface area contributed by atoms with E-state index in [1.807, 2.05) is 12.3 Å². The molecule has 0 radical (unpaired) electrons. The van der Waals surface area contributed by atoms with Crippen LogP contribution in [0.25, 0.3) is 11.3 Å². The van der Waals surface area contributed by atoms with Crippen LogP contribution in [0.15, 0.2) is 66.9 Å². The van der Waals surface area contributed by atoms with Crippen LogP contribution in [0.3, 0.4) is 0 Å². The predicted molar refractivity (Wildman–Crippen MR) is 104 cm³/mol. The van der Waals surface area contributed by atoms with Crippen molar-refractivity contribution >= 4 is 0 Å². The van der Waals surface area contributed by atoms with Crippen LogP contribution in [0.2, 0.25) is 0 Å². The summed E-state index contributed by atoms with van der Waals surface area (Å²) in [6, 6.07) is 21.2. The molecule has 0 saturated carbocycles. The third-order valence-electron chi connectivity index (χ3n) is 4.70. The Labute approximate surface area is 150 Å². The smallest absolute Gasteiger partial charge is 0.119 e. The fraction of sp³-hybridized carbons (Fsp3) is 0.261. The van der Waals surface area contributed by atoms with Gasteiger partial charge < -0.3 is 4.74 Å². The largest absolute Gasteiger partial charge is 0.497 e. The summed E-state index contributed by atoms with van der Waals surface area (Å²) in [5, 5.41) is 0. The molecule has 0 aliphatic carbocycles. The molecule has 0 bridgehead atoms. The zero-order valence-electron chi connectivity index (χ0n) is 15.2. The van der Waals surface area contributed by atoms with Crippen molar-refractivity contribution in [1.82, 2.24) is 4.98 Å². The second-order valence-corrected chi connectivity index (χ2v) is 6.63. The maximum absolute atomic E-state index is 5.33. The van der Waals surface area contributed by atoms with Gasteiger partial charge in [-0.1, -0.05) is 48.9 Å². The first-order valence-electron chi connectivity index (χ1n) is 8.81. The maximum Gasteiger partial charge on any atom is 0.119 e. The highest BCUT2D eigenvalue weighted by Gasteiger charge is 2.08. The Kier molecular flexibility index (Phi) is 5.49. The molecule has 0 fully saturated rings. The Morgan fingerprint density at radius 2 is 1.80 bits per heavy atom. The molecule has 3 aromatic rings. The summed E-state index contributed by atoms with van der Waals surface area (Å²) in [7, 11) is 1.72. The Balaban J connectivity index is 1.68. The highest BCUT2D eigenvalue weighted by Crippen LogP contribution is 2.25. The van der Waals surface area contributed by atoms with Gasteiger partial charge in [-0.3, -0.25) is 4.98 Å². The topological polar surface area (TPSA) is 22.1 Å². The molecule has 1 aromatic heterocycles. The highest BCUT2D eigenvalue weighted by atomic mass is 16.5. The zero-order valence-corrected chi connectivity index (χ0v) is 15.2. The van der Waals surface area contributed by atoms with E-state index < -0.39 is 0 Å². The van der Waals surface area contributed by atoms with Gasteiger partial charge in [-0.15, -0.1) is 0 Å². The molecule has 25 heavy (non-hydrogen) atoms. The van der Waals surface area contributed by atoms with Gasteiger partial charge in [0.2, 0.25) is 0 Å². The minimum atomic E-state index is 0.492. The van der Waals surface area contributed by atoms with Crippen molar-refractivity contribution in [2.45, 2.75) is 32.6 Å². The highest BCUT2D eigenvalue weighted by molar-refractivity contribution is 5.60. The van der Waals surface area contributed by atoms with Gasteiger partial charge >= 0.3 is 0 Å².